The van der Waals surface area contributed by atoms with Crippen LogP contribution in [-0.2, 0) is 6.54 Å². The number of aromatic amines is 1. The highest BCUT2D eigenvalue weighted by atomic mass is 16.5. The minimum Gasteiger partial charge on any atom is -0.478 e. The van der Waals surface area contributed by atoms with E-state index in [0.717, 1.165) is 5.56 Å². The Bertz CT molecular complexity index is 197. The molecule has 0 spiro atoms. The Morgan fingerprint density at radius 3 is 3.20 bits per heavy atom. The van der Waals surface area contributed by atoms with Crippen molar-refractivity contribution in [2.75, 3.05) is 6.61 Å². The van der Waals surface area contributed by atoms with Gasteiger partial charge in [0.05, 0.1) is 12.8 Å². The van der Waals surface area contributed by atoms with Gasteiger partial charge < -0.3 is 10.5 Å². The fourth-order valence-corrected chi connectivity index (χ4v) is 0.714. The lowest BCUT2D eigenvalue weighted by molar-refractivity contribution is 0.323. The zero-order valence-electron chi connectivity index (χ0n) is 5.92. The van der Waals surface area contributed by atoms with Crippen LogP contribution in [0.15, 0.2) is 6.20 Å². The van der Waals surface area contributed by atoms with Gasteiger partial charge in [0.25, 0.3) is 0 Å². The zero-order chi connectivity index (χ0) is 7.40. The Kier molecular flexibility index (Phi) is 2.28. The molecule has 4 heteroatoms. The molecule has 0 radical (unpaired) electrons. The zero-order valence-corrected chi connectivity index (χ0v) is 5.92. The summed E-state index contributed by atoms with van der Waals surface area (Å²) in [7, 11) is 0. The third-order valence-corrected chi connectivity index (χ3v) is 1.19. The maximum Gasteiger partial charge on any atom is 0.213 e. The lowest BCUT2D eigenvalue weighted by Gasteiger charge is -1.99. The van der Waals surface area contributed by atoms with Gasteiger partial charge in [0.2, 0.25) is 5.88 Å². The molecule has 0 aliphatic carbocycles. The lowest BCUT2D eigenvalue weighted by Crippen LogP contribution is -1.99. The number of nitrogens with zero attached hydrogens (tertiary/aromatic N) is 1. The molecule has 0 atom stereocenters. The Balaban J connectivity index is 2.70. The van der Waals surface area contributed by atoms with Gasteiger partial charge in [0.15, 0.2) is 0 Å². The topological polar surface area (TPSA) is 63.9 Å². The summed E-state index contributed by atoms with van der Waals surface area (Å²) < 4.78 is 5.17. The van der Waals surface area contributed by atoms with Gasteiger partial charge in [-0.2, -0.15) is 5.10 Å². The molecule has 0 unspecified atom stereocenters. The summed E-state index contributed by atoms with van der Waals surface area (Å²) in [5, 5.41) is 6.49. The van der Waals surface area contributed by atoms with Crippen molar-refractivity contribution in [1.29, 1.82) is 0 Å². The highest BCUT2D eigenvalue weighted by Gasteiger charge is 2.01. The van der Waals surface area contributed by atoms with Gasteiger partial charge in [-0.3, -0.25) is 0 Å². The molecule has 1 heterocycles. The van der Waals surface area contributed by atoms with E-state index in [4.69, 9.17) is 10.5 Å². The Morgan fingerprint density at radius 2 is 2.60 bits per heavy atom. The van der Waals surface area contributed by atoms with Crippen molar-refractivity contribution in [3.05, 3.63) is 11.8 Å². The van der Waals surface area contributed by atoms with Crippen LogP contribution in [0.1, 0.15) is 12.5 Å². The molecule has 1 aromatic heterocycles. The van der Waals surface area contributed by atoms with Crippen LogP contribution in [-0.4, -0.2) is 16.8 Å². The molecule has 0 bridgehead atoms. The molecule has 0 saturated carbocycles. The molecule has 0 amide bonds. The van der Waals surface area contributed by atoms with E-state index >= 15 is 0 Å². The van der Waals surface area contributed by atoms with E-state index < -0.39 is 0 Å². The van der Waals surface area contributed by atoms with Gasteiger partial charge in [-0.05, 0) is 6.92 Å². The largest absolute Gasteiger partial charge is 0.478 e. The number of nitrogens with one attached hydrogen (secondary N) is 1. The first-order valence-corrected chi connectivity index (χ1v) is 3.23. The summed E-state index contributed by atoms with van der Waals surface area (Å²) in [6.45, 7) is 3.02. The molecule has 0 aliphatic rings. The molecule has 0 saturated heterocycles. The van der Waals surface area contributed by atoms with Gasteiger partial charge in [0, 0.05) is 12.1 Å². The molecular weight excluding hydrogens is 130 g/mol. The summed E-state index contributed by atoms with van der Waals surface area (Å²) in [6.07, 6.45) is 1.67. The van der Waals surface area contributed by atoms with Crippen molar-refractivity contribution in [1.82, 2.24) is 10.2 Å². The van der Waals surface area contributed by atoms with Gasteiger partial charge >= 0.3 is 0 Å². The second kappa shape index (κ2) is 3.22. The maximum absolute atomic E-state index is 5.39. The van der Waals surface area contributed by atoms with E-state index in [1.807, 2.05) is 6.92 Å². The van der Waals surface area contributed by atoms with Crippen LogP contribution >= 0.6 is 0 Å². The second-order valence-electron chi connectivity index (χ2n) is 1.86. The predicted molar refractivity (Wildman–Crippen MR) is 37.6 cm³/mol. The van der Waals surface area contributed by atoms with E-state index in [1.165, 1.54) is 0 Å². The highest BCUT2D eigenvalue weighted by molar-refractivity contribution is 5.21. The van der Waals surface area contributed by atoms with E-state index in [1.54, 1.807) is 6.20 Å². The fourth-order valence-electron chi connectivity index (χ4n) is 0.714. The highest BCUT2D eigenvalue weighted by Crippen LogP contribution is 2.11. The SMILES string of the molecule is CCOc1[nH]ncc1CN. The van der Waals surface area contributed by atoms with Crippen molar-refractivity contribution < 1.29 is 4.74 Å². The monoisotopic (exact) mass is 141 g/mol. The fraction of sp³-hybridized carbons (Fsp3) is 0.500. The van der Waals surface area contributed by atoms with Crippen molar-refractivity contribution in [2.45, 2.75) is 13.5 Å². The minimum absolute atomic E-state index is 0.464. The summed E-state index contributed by atoms with van der Waals surface area (Å²) in [5.41, 5.74) is 6.30. The van der Waals surface area contributed by atoms with Crippen LogP contribution in [0.3, 0.4) is 0 Å². The Hall–Kier alpha value is -1.03. The molecule has 1 rings (SSSR count). The molecular formula is C6H11N3O. The van der Waals surface area contributed by atoms with E-state index in [9.17, 15) is 0 Å². The molecule has 10 heavy (non-hydrogen) atoms. The predicted octanol–water partition coefficient (Wildman–Crippen LogP) is 0.267. The van der Waals surface area contributed by atoms with Gasteiger partial charge in [-0.25, -0.2) is 5.10 Å². The van der Waals surface area contributed by atoms with E-state index in [2.05, 4.69) is 10.2 Å². The quantitative estimate of drug-likeness (QED) is 0.635. The molecule has 56 valence electrons. The summed E-state index contributed by atoms with van der Waals surface area (Å²) in [6, 6.07) is 0. The van der Waals surface area contributed by atoms with E-state index in [0.29, 0.717) is 19.0 Å². The lowest BCUT2D eigenvalue weighted by atomic mass is 10.3. The molecule has 4 nitrogen and oxygen atoms in total. The number of H-pyrrole nitrogens is 1. The average molecular weight is 141 g/mol. The van der Waals surface area contributed by atoms with Crippen LogP contribution in [0.4, 0.5) is 0 Å². The molecule has 0 aromatic carbocycles. The first-order chi connectivity index (χ1) is 4.88. The van der Waals surface area contributed by atoms with Crippen LogP contribution in [0.2, 0.25) is 0 Å². The maximum atomic E-state index is 5.39. The number of ether oxygens (including phenoxy) is 1. The van der Waals surface area contributed by atoms with Crippen LogP contribution in [0.25, 0.3) is 0 Å². The van der Waals surface area contributed by atoms with E-state index in [-0.39, 0.29) is 0 Å². The minimum atomic E-state index is 0.464. The van der Waals surface area contributed by atoms with Crippen molar-refractivity contribution in [3.8, 4) is 5.88 Å². The van der Waals surface area contributed by atoms with Crippen LogP contribution < -0.4 is 10.5 Å². The number of rotatable bonds is 3. The number of aromatic nitrogens is 2. The standard InChI is InChI=1S/C6H11N3O/c1-2-10-6-5(3-7)4-8-9-6/h4H,2-3,7H2,1H3,(H,8,9). The van der Waals surface area contributed by atoms with Gasteiger partial charge in [-0.1, -0.05) is 0 Å². The van der Waals surface area contributed by atoms with Crippen LogP contribution in [0, 0.1) is 0 Å². The first-order valence-electron chi connectivity index (χ1n) is 3.23. The van der Waals surface area contributed by atoms with Crippen molar-refractivity contribution in [2.24, 2.45) is 5.73 Å². The van der Waals surface area contributed by atoms with Crippen LogP contribution in [0.5, 0.6) is 5.88 Å². The number of nitrogens with two attached hydrogens (primary N) is 1. The van der Waals surface area contributed by atoms with Crippen molar-refractivity contribution in [3.63, 3.8) is 0 Å². The second-order valence-corrected chi connectivity index (χ2v) is 1.86. The summed E-state index contributed by atoms with van der Waals surface area (Å²) in [4.78, 5) is 0. The molecule has 0 aliphatic heterocycles. The normalized spacial score (nSPS) is 9.80. The van der Waals surface area contributed by atoms with Gasteiger partial charge in [0.1, 0.15) is 0 Å². The van der Waals surface area contributed by atoms with Gasteiger partial charge in [-0.15, -0.1) is 0 Å². The Morgan fingerprint density at radius 1 is 1.80 bits per heavy atom. The summed E-state index contributed by atoms with van der Waals surface area (Å²) >= 11 is 0. The summed E-state index contributed by atoms with van der Waals surface area (Å²) in [5.74, 6) is 0.685. The first kappa shape index (κ1) is 7.08. The molecule has 3 N–H and O–H groups in total. The van der Waals surface area contributed by atoms with Crippen molar-refractivity contribution >= 4 is 0 Å². The third-order valence-electron chi connectivity index (χ3n) is 1.19. The number of hydrogen-bond donors (Lipinski definition) is 2. The average Bonchev–Trinajstić information content (AvgIpc) is 2.36. The molecule has 0 fully saturated rings. The Labute approximate surface area is 59.4 Å². The third kappa shape index (κ3) is 1.27. The number of hydrogen-bond acceptors (Lipinski definition) is 3. The smallest absolute Gasteiger partial charge is 0.213 e. The molecule has 1 aromatic rings.